The van der Waals surface area contributed by atoms with Gasteiger partial charge in [0.1, 0.15) is 5.82 Å². The first-order chi connectivity index (χ1) is 10.8. The van der Waals surface area contributed by atoms with Crippen LogP contribution >= 0.6 is 11.6 Å². The molecule has 0 radical (unpaired) electrons. The van der Waals surface area contributed by atoms with E-state index in [1.54, 1.807) is 30.3 Å². The van der Waals surface area contributed by atoms with Crippen molar-refractivity contribution in [1.82, 2.24) is 9.97 Å². The molecule has 0 saturated heterocycles. The number of fused-ring (bicyclic) bond motifs is 1. The summed E-state index contributed by atoms with van der Waals surface area (Å²) in [6.45, 7) is 4.09. The van der Waals surface area contributed by atoms with E-state index in [4.69, 9.17) is 11.6 Å². The van der Waals surface area contributed by atoms with Crippen LogP contribution in [-0.4, -0.2) is 18.4 Å². The number of hydrogen-bond donors (Lipinski definition) is 2. The van der Waals surface area contributed by atoms with E-state index < -0.39 is 10.0 Å². The molecule has 0 aliphatic carbocycles. The van der Waals surface area contributed by atoms with Crippen LogP contribution in [0, 0.1) is 0 Å². The van der Waals surface area contributed by atoms with Gasteiger partial charge in [-0.25, -0.2) is 13.4 Å². The average Bonchev–Trinajstić information content (AvgIpc) is 2.90. The summed E-state index contributed by atoms with van der Waals surface area (Å²) in [6, 6.07) is 11.2. The Hall–Kier alpha value is -2.05. The predicted molar refractivity (Wildman–Crippen MR) is 92.4 cm³/mol. The molecular weight excluding hydrogens is 334 g/mol. The number of aromatic nitrogens is 2. The van der Waals surface area contributed by atoms with Gasteiger partial charge in [0, 0.05) is 10.9 Å². The summed E-state index contributed by atoms with van der Waals surface area (Å²) in [7, 11) is -3.65. The first kappa shape index (κ1) is 15.8. The van der Waals surface area contributed by atoms with E-state index >= 15 is 0 Å². The summed E-state index contributed by atoms with van der Waals surface area (Å²) < 4.78 is 27.3. The van der Waals surface area contributed by atoms with Crippen LogP contribution in [0.25, 0.3) is 11.0 Å². The number of anilines is 1. The number of rotatable bonds is 4. The molecule has 0 saturated carbocycles. The molecular formula is C16H16ClN3O2S. The lowest BCUT2D eigenvalue weighted by Gasteiger charge is -2.08. The van der Waals surface area contributed by atoms with E-state index in [-0.39, 0.29) is 10.8 Å². The molecule has 0 aliphatic rings. The van der Waals surface area contributed by atoms with Crippen LogP contribution in [0.3, 0.4) is 0 Å². The van der Waals surface area contributed by atoms with Gasteiger partial charge >= 0.3 is 0 Å². The first-order valence-electron chi connectivity index (χ1n) is 7.13. The topological polar surface area (TPSA) is 74.8 Å². The van der Waals surface area contributed by atoms with E-state index in [1.807, 2.05) is 13.8 Å². The number of halogens is 1. The van der Waals surface area contributed by atoms with Gasteiger partial charge in [-0.05, 0) is 42.5 Å². The number of sulfonamides is 1. The van der Waals surface area contributed by atoms with Crippen LogP contribution in [0.2, 0.25) is 5.02 Å². The molecule has 0 atom stereocenters. The molecule has 2 aromatic carbocycles. The van der Waals surface area contributed by atoms with Gasteiger partial charge in [0.15, 0.2) is 0 Å². The third-order valence-electron chi connectivity index (χ3n) is 3.42. The summed E-state index contributed by atoms with van der Waals surface area (Å²) in [4.78, 5) is 7.84. The summed E-state index contributed by atoms with van der Waals surface area (Å²) in [5.41, 5.74) is 2.08. The first-order valence-corrected chi connectivity index (χ1v) is 8.99. The fraction of sp³-hybridized carbons (Fsp3) is 0.188. The zero-order valence-corrected chi connectivity index (χ0v) is 14.2. The van der Waals surface area contributed by atoms with Gasteiger partial charge in [0.25, 0.3) is 10.0 Å². The molecule has 23 heavy (non-hydrogen) atoms. The predicted octanol–water partition coefficient (Wildman–Crippen LogP) is 4.14. The molecule has 7 heteroatoms. The maximum atomic E-state index is 12.4. The molecule has 120 valence electrons. The van der Waals surface area contributed by atoms with Crippen molar-refractivity contribution in [3.63, 3.8) is 0 Å². The third kappa shape index (κ3) is 3.33. The van der Waals surface area contributed by atoms with Gasteiger partial charge < -0.3 is 4.98 Å². The van der Waals surface area contributed by atoms with Crippen molar-refractivity contribution in [1.29, 1.82) is 0 Å². The van der Waals surface area contributed by atoms with Gasteiger partial charge in [0.05, 0.1) is 21.6 Å². The van der Waals surface area contributed by atoms with Crippen LogP contribution in [-0.2, 0) is 10.0 Å². The van der Waals surface area contributed by atoms with Gasteiger partial charge in [-0.1, -0.05) is 25.4 Å². The molecule has 2 N–H and O–H groups in total. The summed E-state index contributed by atoms with van der Waals surface area (Å²) in [5.74, 6) is 1.15. The van der Waals surface area contributed by atoms with Gasteiger partial charge in [-0.15, -0.1) is 0 Å². The Kier molecular flexibility index (Phi) is 4.04. The Balaban J connectivity index is 1.92. The summed E-state index contributed by atoms with van der Waals surface area (Å²) in [5, 5.41) is 0.490. The third-order valence-corrected chi connectivity index (χ3v) is 5.07. The molecule has 3 aromatic rings. The number of nitrogens with zero attached hydrogens (tertiary/aromatic N) is 1. The number of aromatic amines is 1. The lowest BCUT2D eigenvalue weighted by molar-refractivity contribution is 0.601. The van der Waals surface area contributed by atoms with Crippen LogP contribution < -0.4 is 4.72 Å². The maximum Gasteiger partial charge on any atom is 0.261 e. The number of hydrogen-bond acceptors (Lipinski definition) is 3. The van der Waals surface area contributed by atoms with E-state index in [9.17, 15) is 8.42 Å². The minimum absolute atomic E-state index is 0.162. The molecule has 0 aliphatic heterocycles. The molecule has 0 fully saturated rings. The largest absolute Gasteiger partial charge is 0.342 e. The van der Waals surface area contributed by atoms with Gasteiger partial charge in [-0.2, -0.15) is 0 Å². The lowest BCUT2D eigenvalue weighted by atomic mass is 10.2. The normalized spacial score (nSPS) is 12.0. The number of benzene rings is 2. The highest BCUT2D eigenvalue weighted by Crippen LogP contribution is 2.23. The van der Waals surface area contributed by atoms with Crippen molar-refractivity contribution < 1.29 is 8.42 Å². The van der Waals surface area contributed by atoms with Crippen LogP contribution in [0.4, 0.5) is 5.69 Å². The van der Waals surface area contributed by atoms with Crippen molar-refractivity contribution in [2.45, 2.75) is 24.7 Å². The average molecular weight is 350 g/mol. The quantitative estimate of drug-likeness (QED) is 0.743. The van der Waals surface area contributed by atoms with Crippen molar-refractivity contribution in [2.24, 2.45) is 0 Å². The zero-order valence-electron chi connectivity index (χ0n) is 12.7. The van der Waals surface area contributed by atoms with E-state index in [0.717, 1.165) is 16.9 Å². The second-order valence-corrected chi connectivity index (χ2v) is 7.69. The highest BCUT2D eigenvalue weighted by molar-refractivity contribution is 7.92. The van der Waals surface area contributed by atoms with Crippen molar-refractivity contribution >= 4 is 38.3 Å². The van der Waals surface area contributed by atoms with E-state index in [1.165, 1.54) is 12.1 Å². The van der Waals surface area contributed by atoms with Crippen molar-refractivity contribution in [2.75, 3.05) is 4.72 Å². The van der Waals surface area contributed by atoms with Crippen LogP contribution in [0.15, 0.2) is 47.4 Å². The molecule has 0 bridgehead atoms. The van der Waals surface area contributed by atoms with Crippen LogP contribution in [0.1, 0.15) is 25.6 Å². The Bertz CT molecular complexity index is 947. The number of imidazole rings is 1. The molecule has 1 aromatic heterocycles. The fourth-order valence-corrected chi connectivity index (χ4v) is 3.37. The highest BCUT2D eigenvalue weighted by Gasteiger charge is 2.15. The number of nitrogens with one attached hydrogen (secondary N) is 2. The van der Waals surface area contributed by atoms with E-state index in [0.29, 0.717) is 10.7 Å². The summed E-state index contributed by atoms with van der Waals surface area (Å²) >= 11 is 5.79. The molecule has 0 amide bonds. The molecule has 0 spiro atoms. The monoisotopic (exact) mass is 349 g/mol. The lowest BCUT2D eigenvalue weighted by Crippen LogP contribution is -2.12. The Labute approximate surface area is 139 Å². The number of H-pyrrole nitrogens is 1. The smallest absolute Gasteiger partial charge is 0.261 e. The Morgan fingerprint density at radius 3 is 2.48 bits per heavy atom. The second kappa shape index (κ2) is 5.86. The van der Waals surface area contributed by atoms with Crippen molar-refractivity contribution in [3.05, 3.63) is 53.3 Å². The Morgan fingerprint density at radius 2 is 1.83 bits per heavy atom. The SMILES string of the molecule is CC(C)c1nc2ccc(NS(=O)(=O)c3ccc(Cl)cc3)cc2[nH]1. The van der Waals surface area contributed by atoms with E-state index in [2.05, 4.69) is 14.7 Å². The minimum Gasteiger partial charge on any atom is -0.342 e. The summed E-state index contributed by atoms with van der Waals surface area (Å²) in [6.07, 6.45) is 0. The standard InChI is InChI=1S/C16H16ClN3O2S/c1-10(2)16-18-14-8-5-12(9-15(14)19-16)20-23(21,22)13-6-3-11(17)4-7-13/h3-10,20H,1-2H3,(H,18,19). The molecule has 0 unspecified atom stereocenters. The fourth-order valence-electron chi connectivity index (χ4n) is 2.19. The molecule has 1 heterocycles. The van der Waals surface area contributed by atoms with Gasteiger partial charge in [0.2, 0.25) is 0 Å². The molecule has 5 nitrogen and oxygen atoms in total. The maximum absolute atomic E-state index is 12.4. The second-order valence-electron chi connectivity index (χ2n) is 5.57. The van der Waals surface area contributed by atoms with Crippen LogP contribution in [0.5, 0.6) is 0 Å². The van der Waals surface area contributed by atoms with Crippen molar-refractivity contribution in [3.8, 4) is 0 Å². The zero-order chi connectivity index (χ0) is 16.6. The Morgan fingerprint density at radius 1 is 1.13 bits per heavy atom. The minimum atomic E-state index is -3.65. The highest BCUT2D eigenvalue weighted by atomic mass is 35.5. The molecule has 3 rings (SSSR count). The van der Waals surface area contributed by atoms with Gasteiger partial charge in [-0.3, -0.25) is 4.72 Å².